The van der Waals surface area contributed by atoms with E-state index in [-0.39, 0.29) is 12.1 Å². The minimum atomic E-state index is -0.0462. The van der Waals surface area contributed by atoms with Crippen LogP contribution in [0.3, 0.4) is 0 Å². The fraction of sp³-hybridized carbons (Fsp3) is 0.538. The van der Waals surface area contributed by atoms with Crippen molar-refractivity contribution in [3.63, 3.8) is 0 Å². The van der Waals surface area contributed by atoms with Gasteiger partial charge in [-0.15, -0.1) is 0 Å². The second-order valence-electron chi connectivity index (χ2n) is 4.70. The Balaban J connectivity index is 2.48. The van der Waals surface area contributed by atoms with Crippen LogP contribution in [-0.4, -0.2) is 29.0 Å². The molecule has 0 radical (unpaired) electrons. The van der Waals surface area contributed by atoms with E-state index in [1.165, 1.54) is 0 Å². The van der Waals surface area contributed by atoms with E-state index in [1.807, 2.05) is 19.1 Å². The van der Waals surface area contributed by atoms with Crippen molar-refractivity contribution in [1.82, 2.24) is 15.2 Å². The molecule has 17 heavy (non-hydrogen) atoms. The predicted octanol–water partition coefficient (Wildman–Crippen LogP) is 2.27. The highest BCUT2D eigenvalue weighted by atomic mass is 16.2. The molecule has 1 atom stereocenters. The first-order chi connectivity index (χ1) is 8.00. The van der Waals surface area contributed by atoms with E-state index in [0.29, 0.717) is 12.5 Å². The topological polar surface area (TPSA) is 45.2 Å². The molecule has 1 N–H and O–H groups in total. The molecule has 0 saturated carbocycles. The van der Waals surface area contributed by atoms with E-state index in [9.17, 15) is 4.79 Å². The van der Waals surface area contributed by atoms with Gasteiger partial charge >= 0.3 is 6.03 Å². The molecule has 1 aromatic heterocycles. The third kappa shape index (κ3) is 4.43. The highest BCUT2D eigenvalue weighted by Crippen LogP contribution is 2.03. The fourth-order valence-electron chi connectivity index (χ4n) is 1.31. The lowest BCUT2D eigenvalue weighted by molar-refractivity contribution is 0.200. The van der Waals surface area contributed by atoms with Crippen molar-refractivity contribution in [2.24, 2.45) is 5.92 Å². The maximum atomic E-state index is 11.9. The number of amides is 2. The first-order valence-electron chi connectivity index (χ1n) is 5.91. The molecule has 0 aliphatic heterocycles. The van der Waals surface area contributed by atoms with E-state index >= 15 is 0 Å². The lowest BCUT2D eigenvalue weighted by Gasteiger charge is -2.23. The van der Waals surface area contributed by atoms with Crippen molar-refractivity contribution in [1.29, 1.82) is 0 Å². The summed E-state index contributed by atoms with van der Waals surface area (Å²) >= 11 is 0. The van der Waals surface area contributed by atoms with E-state index in [4.69, 9.17) is 0 Å². The molecule has 0 aliphatic carbocycles. The molecular formula is C13H21N3O. The van der Waals surface area contributed by atoms with Crippen LogP contribution in [0.2, 0.25) is 0 Å². The summed E-state index contributed by atoms with van der Waals surface area (Å²) in [4.78, 5) is 17.5. The lowest BCUT2D eigenvalue weighted by Crippen LogP contribution is -2.43. The molecule has 94 valence electrons. The molecule has 0 spiro atoms. The number of carbonyl (C=O) groups is 1. The van der Waals surface area contributed by atoms with Gasteiger partial charge in [-0.2, -0.15) is 0 Å². The standard InChI is InChI=1S/C13H21N3O/c1-10(2)11(3)15-13(17)16(4)9-12-6-5-7-14-8-12/h5-8,10-11H,9H2,1-4H3,(H,15,17)/t11-/m1/s1. The number of pyridine rings is 1. The number of hydrogen-bond acceptors (Lipinski definition) is 2. The van der Waals surface area contributed by atoms with Crippen LogP contribution in [0.5, 0.6) is 0 Å². The van der Waals surface area contributed by atoms with Crippen LogP contribution in [0.25, 0.3) is 0 Å². The van der Waals surface area contributed by atoms with Crippen molar-refractivity contribution in [3.05, 3.63) is 30.1 Å². The van der Waals surface area contributed by atoms with Gasteiger partial charge in [-0.25, -0.2) is 4.79 Å². The zero-order chi connectivity index (χ0) is 12.8. The third-order valence-electron chi connectivity index (χ3n) is 2.84. The molecule has 2 amide bonds. The largest absolute Gasteiger partial charge is 0.335 e. The van der Waals surface area contributed by atoms with Crippen LogP contribution in [0.4, 0.5) is 4.79 Å². The van der Waals surface area contributed by atoms with Gasteiger partial charge in [0.05, 0.1) is 0 Å². The summed E-state index contributed by atoms with van der Waals surface area (Å²) in [5, 5.41) is 2.97. The van der Waals surface area contributed by atoms with Gasteiger partial charge in [0.2, 0.25) is 0 Å². The van der Waals surface area contributed by atoms with Crippen LogP contribution in [0.1, 0.15) is 26.3 Å². The van der Waals surface area contributed by atoms with Gasteiger partial charge in [0.1, 0.15) is 0 Å². The Hall–Kier alpha value is -1.58. The zero-order valence-corrected chi connectivity index (χ0v) is 11.0. The normalized spacial score (nSPS) is 12.3. The summed E-state index contributed by atoms with van der Waals surface area (Å²) in [5.41, 5.74) is 1.03. The van der Waals surface area contributed by atoms with Gasteiger partial charge in [-0.1, -0.05) is 19.9 Å². The monoisotopic (exact) mass is 235 g/mol. The van der Waals surface area contributed by atoms with Gasteiger partial charge in [-0.3, -0.25) is 4.98 Å². The van der Waals surface area contributed by atoms with Crippen LogP contribution < -0.4 is 5.32 Å². The number of carbonyl (C=O) groups excluding carboxylic acids is 1. The van der Waals surface area contributed by atoms with Crippen molar-refractivity contribution in [2.45, 2.75) is 33.4 Å². The maximum Gasteiger partial charge on any atom is 0.317 e. The lowest BCUT2D eigenvalue weighted by atomic mass is 10.1. The number of hydrogen-bond donors (Lipinski definition) is 1. The number of aromatic nitrogens is 1. The average Bonchev–Trinajstić information content (AvgIpc) is 2.29. The van der Waals surface area contributed by atoms with Gasteiger partial charge < -0.3 is 10.2 Å². The molecule has 4 nitrogen and oxygen atoms in total. The second kappa shape index (κ2) is 6.23. The number of urea groups is 1. The Bertz CT molecular complexity index is 351. The Morgan fingerprint density at radius 2 is 2.18 bits per heavy atom. The number of nitrogens with one attached hydrogen (secondary N) is 1. The van der Waals surface area contributed by atoms with Crippen molar-refractivity contribution < 1.29 is 4.79 Å². The average molecular weight is 235 g/mol. The van der Waals surface area contributed by atoms with Gasteiger partial charge in [-0.05, 0) is 24.5 Å². The van der Waals surface area contributed by atoms with Gasteiger partial charge in [0.15, 0.2) is 0 Å². The molecular weight excluding hydrogens is 214 g/mol. The Kier molecular flexibility index (Phi) is 4.94. The van der Waals surface area contributed by atoms with Crippen molar-refractivity contribution >= 4 is 6.03 Å². The predicted molar refractivity (Wildman–Crippen MR) is 68.5 cm³/mol. The Morgan fingerprint density at radius 1 is 1.47 bits per heavy atom. The van der Waals surface area contributed by atoms with E-state index in [2.05, 4.69) is 24.1 Å². The SMILES string of the molecule is CC(C)[C@@H](C)NC(=O)N(C)Cc1cccnc1. The highest BCUT2D eigenvalue weighted by Gasteiger charge is 2.14. The van der Waals surface area contributed by atoms with Gasteiger partial charge in [0, 0.05) is 32.0 Å². The molecule has 0 saturated heterocycles. The minimum absolute atomic E-state index is 0.0462. The summed E-state index contributed by atoms with van der Waals surface area (Å²) in [5.74, 6) is 0.436. The van der Waals surface area contributed by atoms with Gasteiger partial charge in [0.25, 0.3) is 0 Å². The molecule has 0 bridgehead atoms. The molecule has 1 aromatic rings. The van der Waals surface area contributed by atoms with Crippen LogP contribution in [0, 0.1) is 5.92 Å². The highest BCUT2D eigenvalue weighted by molar-refractivity contribution is 5.74. The first-order valence-corrected chi connectivity index (χ1v) is 5.91. The summed E-state index contributed by atoms with van der Waals surface area (Å²) in [6, 6.07) is 3.97. The summed E-state index contributed by atoms with van der Waals surface area (Å²) < 4.78 is 0. The number of nitrogens with zero attached hydrogens (tertiary/aromatic N) is 2. The summed E-state index contributed by atoms with van der Waals surface area (Å²) in [6.07, 6.45) is 3.50. The van der Waals surface area contributed by atoms with E-state index in [0.717, 1.165) is 5.56 Å². The van der Waals surface area contributed by atoms with Crippen LogP contribution in [-0.2, 0) is 6.54 Å². The molecule has 0 aliphatic rings. The molecule has 1 rings (SSSR count). The third-order valence-corrected chi connectivity index (χ3v) is 2.84. The molecule has 4 heteroatoms. The van der Waals surface area contributed by atoms with Crippen LogP contribution in [0.15, 0.2) is 24.5 Å². The fourth-order valence-corrected chi connectivity index (χ4v) is 1.31. The first kappa shape index (κ1) is 13.5. The smallest absolute Gasteiger partial charge is 0.317 e. The Labute approximate surface area is 103 Å². The van der Waals surface area contributed by atoms with E-state index in [1.54, 1.807) is 24.3 Å². The molecule has 0 fully saturated rings. The van der Waals surface area contributed by atoms with Crippen LogP contribution >= 0.6 is 0 Å². The van der Waals surface area contributed by atoms with Crippen molar-refractivity contribution in [3.8, 4) is 0 Å². The molecule has 1 heterocycles. The quantitative estimate of drug-likeness (QED) is 0.870. The summed E-state index contributed by atoms with van der Waals surface area (Å²) in [6.45, 7) is 6.77. The molecule has 0 aromatic carbocycles. The zero-order valence-electron chi connectivity index (χ0n) is 11.0. The number of rotatable bonds is 4. The van der Waals surface area contributed by atoms with E-state index < -0.39 is 0 Å². The summed E-state index contributed by atoms with van der Waals surface area (Å²) in [7, 11) is 1.79. The molecule has 0 unspecified atom stereocenters. The maximum absolute atomic E-state index is 11.9. The minimum Gasteiger partial charge on any atom is -0.335 e. The van der Waals surface area contributed by atoms with Crippen molar-refractivity contribution in [2.75, 3.05) is 7.05 Å². The Morgan fingerprint density at radius 3 is 2.71 bits per heavy atom. The second-order valence-corrected chi connectivity index (χ2v) is 4.70.